The Morgan fingerprint density at radius 2 is 1.71 bits per heavy atom. The number of fused-ring (bicyclic) bond motifs is 1. The molecule has 4 atom stereocenters. The van der Waals surface area contributed by atoms with E-state index in [0.29, 0.717) is 23.3 Å². The van der Waals surface area contributed by atoms with Crippen LogP contribution in [0.4, 0.5) is 5.69 Å². The van der Waals surface area contributed by atoms with Crippen LogP contribution < -0.4 is 15.1 Å². The first kappa shape index (κ1) is 35.8. The number of nitrogens with zero attached hydrogens (tertiary/aromatic N) is 2. The highest BCUT2D eigenvalue weighted by atomic mass is 16.5. The van der Waals surface area contributed by atoms with Crippen molar-refractivity contribution in [2.24, 2.45) is 17.8 Å². The molecule has 0 saturated carbocycles. The summed E-state index contributed by atoms with van der Waals surface area (Å²) >= 11 is 0. The van der Waals surface area contributed by atoms with Crippen molar-refractivity contribution in [3.05, 3.63) is 125 Å². The largest absolute Gasteiger partial charge is 0.507 e. The molecule has 2 aliphatic rings. The molecule has 2 heterocycles. The predicted molar refractivity (Wildman–Crippen MR) is 195 cm³/mol. The number of aromatic nitrogens is 1. The molecule has 0 unspecified atom stereocenters. The first-order valence-corrected chi connectivity index (χ1v) is 17.0. The van der Waals surface area contributed by atoms with Gasteiger partial charge in [-0.05, 0) is 127 Å². The van der Waals surface area contributed by atoms with Gasteiger partial charge in [0.15, 0.2) is 0 Å². The van der Waals surface area contributed by atoms with E-state index in [9.17, 15) is 35.0 Å². The number of pyridine rings is 1. The van der Waals surface area contributed by atoms with Gasteiger partial charge in [0.25, 0.3) is 0 Å². The number of hydrogen-bond acceptors (Lipinski definition) is 9. The minimum Gasteiger partial charge on any atom is -0.507 e. The van der Waals surface area contributed by atoms with E-state index in [4.69, 9.17) is 4.74 Å². The standard InChI is InChI=1S/C40H41BN2O8/c1-24-17-26(18-25(2)38(24)46)19-27(34-13-6-7-16-42-34)14-15-35(45)36-28(23-51-31-11-4-3-5-12-31)20-32-37(33(36)22-44)40(48)43(39(32)47)30-10-8-9-29(21-30)41(49)50/h3-13,16-19,21,32-33,35,37,44-46,49-50H,14-15,20,22-23H2,1-2H3/b27-19-/t32-,33+,35-,37-/m1/s1. The minimum absolute atomic E-state index is 0.0405. The van der Waals surface area contributed by atoms with Crippen LogP contribution in [0.3, 0.4) is 0 Å². The number of imide groups is 1. The Bertz CT molecular complexity index is 1940. The van der Waals surface area contributed by atoms with E-state index in [2.05, 4.69) is 4.98 Å². The average molecular weight is 689 g/mol. The summed E-state index contributed by atoms with van der Waals surface area (Å²) in [6, 6.07) is 24.5. The maximum atomic E-state index is 14.1. The molecule has 3 aromatic carbocycles. The first-order valence-electron chi connectivity index (χ1n) is 17.0. The maximum Gasteiger partial charge on any atom is 0.488 e. The molecule has 1 aliphatic heterocycles. The van der Waals surface area contributed by atoms with Crippen LogP contribution in [0.1, 0.15) is 41.6 Å². The number of hydrogen-bond donors (Lipinski definition) is 5. The summed E-state index contributed by atoms with van der Waals surface area (Å²) in [5, 5.41) is 52.7. The van der Waals surface area contributed by atoms with Crippen molar-refractivity contribution in [1.82, 2.24) is 4.98 Å². The lowest BCUT2D eigenvalue weighted by Gasteiger charge is -2.36. The quantitative estimate of drug-likeness (QED) is 0.0844. The fourth-order valence-corrected chi connectivity index (χ4v) is 7.41. The van der Waals surface area contributed by atoms with Crippen LogP contribution in [-0.2, 0) is 9.59 Å². The molecule has 0 radical (unpaired) electrons. The number of para-hydroxylation sites is 1. The number of allylic oxidation sites excluding steroid dienone is 1. The van der Waals surface area contributed by atoms with Crippen LogP contribution in [-0.4, -0.2) is 68.6 Å². The predicted octanol–water partition coefficient (Wildman–Crippen LogP) is 3.96. The van der Waals surface area contributed by atoms with E-state index in [-0.39, 0.29) is 36.3 Å². The van der Waals surface area contributed by atoms with Crippen LogP contribution in [0.5, 0.6) is 11.5 Å². The number of benzene rings is 3. The zero-order chi connectivity index (χ0) is 36.2. The SMILES string of the molecule is Cc1cc(/C=C(/CC[C@@H](O)C2=C(COc3ccccc3)C[C@H]3C(=O)N(c4cccc(B(O)O)c4)C(=O)[C@H]3[C@H]2CO)c2ccccn2)cc(C)c1O. The van der Waals surface area contributed by atoms with Crippen molar-refractivity contribution in [3.63, 3.8) is 0 Å². The van der Waals surface area contributed by atoms with E-state index >= 15 is 0 Å². The van der Waals surface area contributed by atoms with Gasteiger partial charge in [-0.25, -0.2) is 0 Å². The van der Waals surface area contributed by atoms with Gasteiger partial charge in [0, 0.05) is 12.1 Å². The number of amides is 2. The molecular weight excluding hydrogens is 647 g/mol. The van der Waals surface area contributed by atoms with Gasteiger partial charge in [-0.3, -0.25) is 19.5 Å². The second-order valence-corrected chi connectivity index (χ2v) is 13.2. The van der Waals surface area contributed by atoms with Gasteiger partial charge in [-0.1, -0.05) is 36.4 Å². The summed E-state index contributed by atoms with van der Waals surface area (Å²) in [7, 11) is -1.79. The monoisotopic (exact) mass is 688 g/mol. The van der Waals surface area contributed by atoms with E-state index < -0.39 is 49.4 Å². The Kier molecular flexibility index (Phi) is 10.8. The molecule has 4 aromatic rings. The van der Waals surface area contributed by atoms with Crippen molar-refractivity contribution in [2.75, 3.05) is 18.1 Å². The number of anilines is 1. The van der Waals surface area contributed by atoms with E-state index in [1.807, 2.05) is 68.5 Å². The van der Waals surface area contributed by atoms with Crippen LogP contribution in [0.25, 0.3) is 11.6 Å². The molecule has 5 N–H and O–H groups in total. The van der Waals surface area contributed by atoms with Gasteiger partial charge in [-0.15, -0.1) is 0 Å². The van der Waals surface area contributed by atoms with Gasteiger partial charge in [0.1, 0.15) is 18.1 Å². The summed E-state index contributed by atoms with van der Waals surface area (Å²) in [6.45, 7) is 3.23. The highest BCUT2D eigenvalue weighted by Gasteiger charge is 2.55. The van der Waals surface area contributed by atoms with E-state index in [0.717, 1.165) is 32.9 Å². The third kappa shape index (κ3) is 7.52. The molecule has 2 amide bonds. The average Bonchev–Trinajstić information content (AvgIpc) is 3.39. The number of phenolic OH excluding ortho intramolecular Hbond substituents is 1. The fourth-order valence-electron chi connectivity index (χ4n) is 7.41. The topological polar surface area (TPSA) is 161 Å². The number of carbonyl (C=O) groups is 2. The van der Waals surface area contributed by atoms with Crippen LogP contribution in [0, 0.1) is 31.6 Å². The van der Waals surface area contributed by atoms with Gasteiger partial charge >= 0.3 is 7.12 Å². The molecule has 10 nitrogen and oxygen atoms in total. The van der Waals surface area contributed by atoms with Crippen molar-refractivity contribution in [2.45, 2.75) is 39.2 Å². The Morgan fingerprint density at radius 1 is 0.980 bits per heavy atom. The molecule has 0 spiro atoms. The second-order valence-electron chi connectivity index (χ2n) is 13.2. The number of aromatic hydroxyl groups is 1. The second kappa shape index (κ2) is 15.4. The van der Waals surface area contributed by atoms with Crippen molar-refractivity contribution in [1.29, 1.82) is 0 Å². The number of ether oxygens (including phenoxy) is 1. The smallest absolute Gasteiger partial charge is 0.488 e. The van der Waals surface area contributed by atoms with Crippen molar-refractivity contribution >= 4 is 41.7 Å². The molecular formula is C40H41BN2O8. The summed E-state index contributed by atoms with van der Waals surface area (Å²) in [4.78, 5) is 33.7. The summed E-state index contributed by atoms with van der Waals surface area (Å²) in [5.74, 6) is -2.77. The molecule has 1 aromatic heterocycles. The van der Waals surface area contributed by atoms with Crippen LogP contribution in [0.15, 0.2) is 102 Å². The lowest BCUT2D eigenvalue weighted by molar-refractivity contribution is -0.123. The molecule has 1 aliphatic carbocycles. The maximum absolute atomic E-state index is 14.1. The van der Waals surface area contributed by atoms with Gasteiger partial charge in [-0.2, -0.15) is 0 Å². The van der Waals surface area contributed by atoms with E-state index in [1.54, 1.807) is 24.4 Å². The Labute approximate surface area is 297 Å². The normalized spacial score (nSPS) is 19.7. The number of rotatable bonds is 12. The molecule has 1 saturated heterocycles. The van der Waals surface area contributed by atoms with E-state index in [1.165, 1.54) is 18.2 Å². The van der Waals surface area contributed by atoms with Gasteiger partial charge < -0.3 is 30.1 Å². The minimum atomic E-state index is -1.79. The number of carbonyl (C=O) groups excluding carboxylic acids is 2. The zero-order valence-corrected chi connectivity index (χ0v) is 28.5. The summed E-state index contributed by atoms with van der Waals surface area (Å²) in [5.41, 5.74) is 5.37. The van der Waals surface area contributed by atoms with Gasteiger partial charge in [0.05, 0.1) is 35.9 Å². The number of aliphatic hydroxyl groups is 2. The Balaban J connectivity index is 1.35. The lowest BCUT2D eigenvalue weighted by Crippen LogP contribution is -2.40. The Morgan fingerprint density at radius 3 is 2.37 bits per heavy atom. The third-order valence-corrected chi connectivity index (χ3v) is 9.86. The van der Waals surface area contributed by atoms with Crippen molar-refractivity contribution < 1.29 is 39.7 Å². The fraction of sp³-hybridized carbons (Fsp3) is 0.275. The molecule has 51 heavy (non-hydrogen) atoms. The molecule has 11 heteroatoms. The van der Waals surface area contributed by atoms with Gasteiger partial charge in [0.2, 0.25) is 11.8 Å². The highest BCUT2D eigenvalue weighted by molar-refractivity contribution is 6.58. The Hall–Kier alpha value is -5.07. The third-order valence-electron chi connectivity index (χ3n) is 9.86. The molecule has 6 rings (SSSR count). The van der Waals surface area contributed by atoms with Crippen LogP contribution in [0.2, 0.25) is 0 Å². The van der Waals surface area contributed by atoms with Crippen molar-refractivity contribution in [3.8, 4) is 11.5 Å². The summed E-state index contributed by atoms with van der Waals surface area (Å²) < 4.78 is 6.13. The molecule has 1 fully saturated rings. The zero-order valence-electron chi connectivity index (χ0n) is 28.5. The molecule has 262 valence electrons. The highest BCUT2D eigenvalue weighted by Crippen LogP contribution is 2.47. The molecule has 0 bridgehead atoms. The van der Waals surface area contributed by atoms with Crippen LogP contribution >= 0.6 is 0 Å². The number of aliphatic hydroxyl groups excluding tert-OH is 2. The lowest BCUT2D eigenvalue weighted by atomic mass is 9.68. The number of phenols is 1. The summed E-state index contributed by atoms with van der Waals surface area (Å²) in [6.07, 6.45) is 3.32. The number of aryl methyl sites for hydroxylation is 2. The first-order chi connectivity index (χ1) is 24.6.